The molecule has 134 valence electrons. The lowest BCUT2D eigenvalue weighted by Crippen LogP contribution is -2.42. The largest absolute Gasteiger partial charge is 0.346 e. The molecule has 0 aromatic heterocycles. The Hall–Kier alpha value is -2.37. The van der Waals surface area contributed by atoms with E-state index >= 15 is 0 Å². The van der Waals surface area contributed by atoms with E-state index in [1.165, 1.54) is 5.56 Å². The van der Waals surface area contributed by atoms with Crippen LogP contribution < -0.4 is 11.1 Å². The molecule has 25 heavy (non-hydrogen) atoms. The Bertz CT molecular complexity index is 650. The fraction of sp³-hybridized carbons (Fsp3) is 0.263. The fourth-order valence-electron chi connectivity index (χ4n) is 2.36. The first-order chi connectivity index (χ1) is 11.7. The number of carbonyl (C=O) groups excluding carboxylic acids is 2. The van der Waals surface area contributed by atoms with Crippen molar-refractivity contribution in [3.05, 3.63) is 71.8 Å². The third-order valence-corrected chi connectivity index (χ3v) is 3.70. The van der Waals surface area contributed by atoms with Gasteiger partial charge in [0, 0.05) is 13.1 Å². The topological polar surface area (TPSA) is 75.4 Å². The Morgan fingerprint density at radius 2 is 1.48 bits per heavy atom. The smallest absolute Gasteiger partial charge is 0.242 e. The minimum absolute atomic E-state index is 0. The van der Waals surface area contributed by atoms with Crippen LogP contribution in [0.5, 0.6) is 0 Å². The zero-order chi connectivity index (χ0) is 17.2. The van der Waals surface area contributed by atoms with Gasteiger partial charge in [0.2, 0.25) is 11.8 Å². The van der Waals surface area contributed by atoms with Crippen molar-refractivity contribution >= 4 is 24.2 Å². The monoisotopic (exact) mass is 361 g/mol. The standard InChI is InChI=1S/C19H23N3O2.ClH/c20-13-18(23)21-14-19(24)22(15-17-9-5-2-6-10-17)12-11-16-7-3-1-4-8-16;/h1-10H,11-15,20H2,(H,21,23);1H. The van der Waals surface area contributed by atoms with Crippen molar-refractivity contribution in [1.29, 1.82) is 0 Å². The van der Waals surface area contributed by atoms with Crippen LogP contribution >= 0.6 is 12.4 Å². The van der Waals surface area contributed by atoms with Crippen LogP contribution in [-0.2, 0) is 22.6 Å². The molecule has 0 aliphatic heterocycles. The summed E-state index contributed by atoms with van der Waals surface area (Å²) in [5.74, 6) is -0.442. The Morgan fingerprint density at radius 3 is 2.04 bits per heavy atom. The van der Waals surface area contributed by atoms with E-state index in [9.17, 15) is 9.59 Å². The molecule has 0 unspecified atom stereocenters. The molecule has 0 atom stereocenters. The average Bonchev–Trinajstić information content (AvgIpc) is 2.64. The predicted octanol–water partition coefficient (Wildman–Crippen LogP) is 1.75. The predicted molar refractivity (Wildman–Crippen MR) is 101 cm³/mol. The van der Waals surface area contributed by atoms with Crippen LogP contribution in [0.15, 0.2) is 60.7 Å². The first-order valence-electron chi connectivity index (χ1n) is 8.01. The highest BCUT2D eigenvalue weighted by Crippen LogP contribution is 2.07. The molecule has 0 heterocycles. The van der Waals surface area contributed by atoms with Crippen LogP contribution in [0.3, 0.4) is 0 Å². The Kier molecular flexibility index (Phi) is 9.29. The molecule has 0 fully saturated rings. The van der Waals surface area contributed by atoms with Gasteiger partial charge in [0.1, 0.15) is 0 Å². The first-order valence-corrected chi connectivity index (χ1v) is 8.01. The number of nitrogens with zero attached hydrogens (tertiary/aromatic N) is 1. The molecule has 0 saturated heterocycles. The Labute approximate surface area is 154 Å². The second-order valence-electron chi connectivity index (χ2n) is 5.52. The van der Waals surface area contributed by atoms with Gasteiger partial charge in [-0.1, -0.05) is 60.7 Å². The number of hydrogen-bond acceptors (Lipinski definition) is 3. The van der Waals surface area contributed by atoms with Crippen LogP contribution in [0.1, 0.15) is 11.1 Å². The van der Waals surface area contributed by atoms with Crippen molar-refractivity contribution in [3.63, 3.8) is 0 Å². The summed E-state index contributed by atoms with van der Waals surface area (Å²) in [5.41, 5.74) is 7.49. The van der Waals surface area contributed by atoms with Crippen molar-refractivity contribution in [1.82, 2.24) is 10.2 Å². The number of amides is 2. The van der Waals surface area contributed by atoms with E-state index in [1.807, 2.05) is 60.7 Å². The van der Waals surface area contributed by atoms with E-state index in [1.54, 1.807) is 4.90 Å². The van der Waals surface area contributed by atoms with Gasteiger partial charge in [-0.25, -0.2) is 0 Å². The lowest BCUT2D eigenvalue weighted by Gasteiger charge is -2.23. The van der Waals surface area contributed by atoms with E-state index in [0.717, 1.165) is 12.0 Å². The van der Waals surface area contributed by atoms with Crippen molar-refractivity contribution in [3.8, 4) is 0 Å². The minimum Gasteiger partial charge on any atom is -0.346 e. The molecular formula is C19H24ClN3O2. The second kappa shape index (κ2) is 11.2. The Morgan fingerprint density at radius 1 is 0.920 bits per heavy atom. The van der Waals surface area contributed by atoms with Gasteiger partial charge in [-0.15, -0.1) is 12.4 Å². The van der Waals surface area contributed by atoms with Crippen LogP contribution in [0.2, 0.25) is 0 Å². The lowest BCUT2D eigenvalue weighted by atomic mass is 10.1. The molecule has 2 aromatic rings. The number of nitrogens with one attached hydrogen (secondary N) is 1. The molecule has 5 nitrogen and oxygen atoms in total. The van der Waals surface area contributed by atoms with Crippen molar-refractivity contribution in [2.45, 2.75) is 13.0 Å². The van der Waals surface area contributed by atoms with E-state index < -0.39 is 0 Å². The maximum atomic E-state index is 12.5. The zero-order valence-corrected chi connectivity index (χ0v) is 14.9. The normalized spacial score (nSPS) is 9.80. The highest BCUT2D eigenvalue weighted by molar-refractivity contribution is 5.85. The van der Waals surface area contributed by atoms with Gasteiger partial charge >= 0.3 is 0 Å². The molecule has 2 rings (SSSR count). The molecule has 3 N–H and O–H groups in total. The highest BCUT2D eigenvalue weighted by atomic mass is 35.5. The second-order valence-corrected chi connectivity index (χ2v) is 5.52. The van der Waals surface area contributed by atoms with Gasteiger partial charge in [-0.05, 0) is 17.5 Å². The van der Waals surface area contributed by atoms with Crippen molar-refractivity contribution < 1.29 is 9.59 Å². The molecule has 2 amide bonds. The van der Waals surface area contributed by atoms with Crippen LogP contribution in [0.25, 0.3) is 0 Å². The zero-order valence-electron chi connectivity index (χ0n) is 14.1. The summed E-state index contributed by atoms with van der Waals surface area (Å²) in [4.78, 5) is 25.5. The van der Waals surface area contributed by atoms with E-state index in [-0.39, 0.29) is 37.3 Å². The summed E-state index contributed by atoms with van der Waals surface area (Å²) >= 11 is 0. The van der Waals surface area contributed by atoms with Crippen molar-refractivity contribution in [2.24, 2.45) is 5.73 Å². The van der Waals surface area contributed by atoms with Crippen LogP contribution in [0.4, 0.5) is 0 Å². The number of benzene rings is 2. The summed E-state index contributed by atoms with van der Waals surface area (Å²) < 4.78 is 0. The lowest BCUT2D eigenvalue weighted by molar-refractivity contribution is -0.133. The third kappa shape index (κ3) is 7.37. The SMILES string of the molecule is Cl.NCC(=O)NCC(=O)N(CCc1ccccc1)Cc1ccccc1. The molecule has 0 bridgehead atoms. The summed E-state index contributed by atoms with van der Waals surface area (Å²) in [7, 11) is 0. The molecule has 6 heteroatoms. The van der Waals surface area contributed by atoms with Gasteiger partial charge in [0.25, 0.3) is 0 Å². The summed E-state index contributed by atoms with van der Waals surface area (Å²) in [6.07, 6.45) is 0.768. The summed E-state index contributed by atoms with van der Waals surface area (Å²) in [6.45, 7) is 0.967. The summed E-state index contributed by atoms with van der Waals surface area (Å²) in [5, 5.41) is 2.54. The van der Waals surface area contributed by atoms with Crippen LogP contribution in [0, 0.1) is 0 Å². The van der Waals surface area contributed by atoms with E-state index in [2.05, 4.69) is 5.32 Å². The number of halogens is 1. The third-order valence-electron chi connectivity index (χ3n) is 3.70. The van der Waals surface area contributed by atoms with Gasteiger partial charge in [0.15, 0.2) is 0 Å². The molecule has 0 spiro atoms. The fourth-order valence-corrected chi connectivity index (χ4v) is 2.36. The van der Waals surface area contributed by atoms with E-state index in [4.69, 9.17) is 5.73 Å². The van der Waals surface area contributed by atoms with Gasteiger partial charge in [-0.3, -0.25) is 9.59 Å². The van der Waals surface area contributed by atoms with Crippen molar-refractivity contribution in [2.75, 3.05) is 19.6 Å². The molecule has 2 aromatic carbocycles. The highest BCUT2D eigenvalue weighted by Gasteiger charge is 2.14. The number of rotatable bonds is 8. The van der Waals surface area contributed by atoms with Gasteiger partial charge < -0.3 is 16.0 Å². The molecule has 0 radical (unpaired) electrons. The minimum atomic E-state index is -0.328. The Balaban J connectivity index is 0.00000312. The molecule has 0 aliphatic rings. The summed E-state index contributed by atoms with van der Waals surface area (Å²) in [6, 6.07) is 19.8. The molecular weight excluding hydrogens is 338 g/mol. The maximum Gasteiger partial charge on any atom is 0.242 e. The first kappa shape index (κ1) is 20.7. The number of hydrogen-bond donors (Lipinski definition) is 2. The van der Waals surface area contributed by atoms with Gasteiger partial charge in [0.05, 0.1) is 13.1 Å². The van der Waals surface area contributed by atoms with Gasteiger partial charge in [-0.2, -0.15) is 0 Å². The molecule has 0 saturated carbocycles. The quantitative estimate of drug-likeness (QED) is 0.752. The average molecular weight is 362 g/mol. The molecule has 0 aliphatic carbocycles. The van der Waals surface area contributed by atoms with Crippen LogP contribution in [-0.4, -0.2) is 36.3 Å². The maximum absolute atomic E-state index is 12.5. The number of carbonyl (C=O) groups is 2. The van der Waals surface area contributed by atoms with E-state index in [0.29, 0.717) is 13.1 Å². The number of nitrogens with two attached hydrogens (primary N) is 1.